The molecule has 0 saturated carbocycles. The van der Waals surface area contributed by atoms with Gasteiger partial charge in [-0.2, -0.15) is 0 Å². The molecule has 1 atom stereocenters. The molecule has 0 aliphatic carbocycles. The van der Waals surface area contributed by atoms with Crippen molar-refractivity contribution in [2.45, 2.75) is 38.8 Å². The van der Waals surface area contributed by atoms with Gasteiger partial charge in [-0.15, -0.1) is 0 Å². The highest BCUT2D eigenvalue weighted by Crippen LogP contribution is 2.52. The number of aliphatic imine (C=N–C) groups is 1. The number of aromatic hydroxyl groups is 1. The first-order valence-electron chi connectivity index (χ1n) is 11.6. The first-order valence-corrected chi connectivity index (χ1v) is 11.6. The molecule has 9 heteroatoms. The molecule has 0 radical (unpaired) electrons. The standard InChI is InChI=1S/C27H27FN2O6/c1-25(2,3)36-24(32)29-22-12-33-15-27(30-22)18-11-17(31)5-6-21(18)35-23-19(27)9-16(10-20(23)28)7-8-26(4)13-34-14-26/h5-6,9-11,31H,12-15H2,1-4H3,(H,29,30,32). The second-order valence-corrected chi connectivity index (χ2v) is 10.5. The van der Waals surface area contributed by atoms with Crippen molar-refractivity contribution in [1.29, 1.82) is 0 Å². The van der Waals surface area contributed by atoms with E-state index in [4.69, 9.17) is 23.9 Å². The van der Waals surface area contributed by atoms with Crippen LogP contribution in [0.25, 0.3) is 0 Å². The van der Waals surface area contributed by atoms with E-state index < -0.39 is 23.1 Å². The van der Waals surface area contributed by atoms with E-state index in [1.54, 1.807) is 32.9 Å². The Morgan fingerprint density at radius 2 is 1.94 bits per heavy atom. The third-order valence-electron chi connectivity index (χ3n) is 5.98. The molecule has 3 aliphatic rings. The van der Waals surface area contributed by atoms with Gasteiger partial charge in [0.15, 0.2) is 11.6 Å². The molecule has 2 aromatic carbocycles. The Balaban J connectivity index is 1.63. The number of rotatable bonds is 0. The predicted molar refractivity (Wildman–Crippen MR) is 129 cm³/mol. The zero-order chi connectivity index (χ0) is 25.7. The van der Waals surface area contributed by atoms with E-state index in [2.05, 4.69) is 17.2 Å². The summed E-state index contributed by atoms with van der Waals surface area (Å²) in [7, 11) is 0. The summed E-state index contributed by atoms with van der Waals surface area (Å²) in [5, 5.41) is 12.9. The van der Waals surface area contributed by atoms with E-state index in [0.29, 0.717) is 35.7 Å². The summed E-state index contributed by atoms with van der Waals surface area (Å²) in [4.78, 5) is 17.3. The number of phenolic OH excluding ortho intramolecular Hbond substituents is 1. The van der Waals surface area contributed by atoms with Crippen LogP contribution in [0.1, 0.15) is 44.4 Å². The largest absolute Gasteiger partial charge is 0.508 e. The lowest BCUT2D eigenvalue weighted by atomic mass is 9.79. The molecule has 0 bridgehead atoms. The lowest BCUT2D eigenvalue weighted by Crippen LogP contribution is -2.46. The zero-order valence-corrected chi connectivity index (χ0v) is 20.5. The number of benzene rings is 2. The minimum Gasteiger partial charge on any atom is -0.508 e. The molecule has 36 heavy (non-hydrogen) atoms. The molecule has 188 valence electrons. The van der Waals surface area contributed by atoms with Gasteiger partial charge in [0.2, 0.25) is 0 Å². The van der Waals surface area contributed by atoms with Crippen molar-refractivity contribution in [2.24, 2.45) is 10.4 Å². The van der Waals surface area contributed by atoms with Gasteiger partial charge >= 0.3 is 6.09 Å². The van der Waals surface area contributed by atoms with Crippen molar-refractivity contribution in [3.63, 3.8) is 0 Å². The van der Waals surface area contributed by atoms with Gasteiger partial charge in [0.25, 0.3) is 0 Å². The maximum Gasteiger partial charge on any atom is 0.413 e. The van der Waals surface area contributed by atoms with E-state index >= 15 is 4.39 Å². The number of hydrogen-bond donors (Lipinski definition) is 2. The number of ether oxygens (including phenoxy) is 4. The second kappa shape index (κ2) is 8.50. The van der Waals surface area contributed by atoms with Crippen LogP contribution in [0.3, 0.4) is 0 Å². The van der Waals surface area contributed by atoms with Gasteiger partial charge in [0.1, 0.15) is 35.1 Å². The zero-order valence-electron chi connectivity index (χ0n) is 20.5. The number of hydrogen-bond acceptors (Lipinski definition) is 7. The average molecular weight is 495 g/mol. The number of carbonyl (C=O) groups excluding carboxylic acids is 1. The van der Waals surface area contributed by atoms with E-state index in [1.807, 2.05) is 6.92 Å². The van der Waals surface area contributed by atoms with Gasteiger partial charge < -0.3 is 24.1 Å². The van der Waals surface area contributed by atoms with Gasteiger partial charge in [-0.1, -0.05) is 11.8 Å². The fourth-order valence-electron chi connectivity index (χ4n) is 4.32. The number of carbonyl (C=O) groups is 1. The maximum absolute atomic E-state index is 15.4. The smallest absolute Gasteiger partial charge is 0.413 e. The van der Waals surface area contributed by atoms with Crippen LogP contribution in [0.4, 0.5) is 9.18 Å². The molecule has 3 aliphatic heterocycles. The molecule has 5 rings (SSSR count). The predicted octanol–water partition coefficient (Wildman–Crippen LogP) is 4.22. The molecule has 0 aromatic heterocycles. The quantitative estimate of drug-likeness (QED) is 0.532. The third kappa shape index (κ3) is 4.50. The summed E-state index contributed by atoms with van der Waals surface area (Å²) in [5.74, 6) is 6.10. The first-order chi connectivity index (χ1) is 17.0. The highest BCUT2D eigenvalue weighted by molar-refractivity contribution is 5.97. The van der Waals surface area contributed by atoms with Crippen LogP contribution in [-0.2, 0) is 19.7 Å². The molecule has 1 fully saturated rings. The van der Waals surface area contributed by atoms with Gasteiger partial charge in [0.05, 0.1) is 25.2 Å². The summed E-state index contributed by atoms with van der Waals surface area (Å²) < 4.78 is 37.8. The topological polar surface area (TPSA) is 98.6 Å². The van der Waals surface area contributed by atoms with E-state index in [9.17, 15) is 9.90 Å². The summed E-state index contributed by atoms with van der Waals surface area (Å²) in [6, 6.07) is 7.53. The summed E-state index contributed by atoms with van der Waals surface area (Å²) in [5.41, 5.74) is -0.999. The van der Waals surface area contributed by atoms with Gasteiger partial charge in [-0.05, 0) is 58.0 Å². The molecular formula is C27H27FN2O6. The van der Waals surface area contributed by atoms with Crippen molar-refractivity contribution in [3.8, 4) is 29.1 Å². The van der Waals surface area contributed by atoms with Crippen LogP contribution < -0.4 is 10.1 Å². The molecule has 3 heterocycles. The number of phenols is 1. The Morgan fingerprint density at radius 1 is 1.17 bits per heavy atom. The molecule has 1 amide bonds. The molecule has 1 saturated heterocycles. The van der Waals surface area contributed by atoms with Gasteiger partial charge in [-0.3, -0.25) is 10.3 Å². The third-order valence-corrected chi connectivity index (χ3v) is 5.98. The fraction of sp³-hybridized carbons (Fsp3) is 0.407. The lowest BCUT2D eigenvalue weighted by Gasteiger charge is -2.40. The van der Waals surface area contributed by atoms with Crippen LogP contribution in [0.15, 0.2) is 35.3 Å². The summed E-state index contributed by atoms with van der Waals surface area (Å²) >= 11 is 0. The van der Waals surface area contributed by atoms with Crippen LogP contribution in [0.5, 0.6) is 17.2 Å². The van der Waals surface area contributed by atoms with Crippen LogP contribution >= 0.6 is 0 Å². The van der Waals surface area contributed by atoms with Crippen molar-refractivity contribution in [2.75, 3.05) is 26.4 Å². The normalized spacial score (nSPS) is 21.5. The lowest BCUT2D eigenvalue weighted by molar-refractivity contribution is -0.0648. The van der Waals surface area contributed by atoms with E-state index in [-0.39, 0.29) is 36.0 Å². The van der Waals surface area contributed by atoms with Crippen molar-refractivity contribution < 1.29 is 33.2 Å². The Bertz CT molecular complexity index is 1330. The van der Waals surface area contributed by atoms with Crippen molar-refractivity contribution in [1.82, 2.24) is 5.32 Å². The van der Waals surface area contributed by atoms with Gasteiger partial charge in [-0.25, -0.2) is 9.18 Å². The Morgan fingerprint density at radius 3 is 2.64 bits per heavy atom. The number of fused-ring (bicyclic) bond motifs is 4. The highest BCUT2D eigenvalue weighted by atomic mass is 19.1. The molecule has 8 nitrogen and oxygen atoms in total. The van der Waals surface area contributed by atoms with Crippen molar-refractivity contribution >= 4 is 11.9 Å². The number of halogens is 1. The number of nitrogens with zero attached hydrogens (tertiary/aromatic N) is 1. The van der Waals surface area contributed by atoms with Crippen LogP contribution in [0.2, 0.25) is 0 Å². The minimum atomic E-state index is -1.30. The van der Waals surface area contributed by atoms with Gasteiger partial charge in [0, 0.05) is 16.7 Å². The minimum absolute atomic E-state index is 0.0113. The van der Waals surface area contributed by atoms with E-state index in [0.717, 1.165) is 0 Å². The Kier molecular flexibility index (Phi) is 5.69. The fourth-order valence-corrected chi connectivity index (χ4v) is 4.32. The average Bonchev–Trinajstić information content (AvgIpc) is 2.77. The number of amides is 1. The molecule has 2 aromatic rings. The SMILES string of the molecule is CC1(C#Cc2cc(F)c3c(c2)C2(COCC(NC(=O)OC(C)(C)C)=N2)c2cc(O)ccc2O3)COC1. The monoisotopic (exact) mass is 494 g/mol. The molecular weight excluding hydrogens is 467 g/mol. The number of alkyl carbamates (subject to hydrolysis) is 1. The second-order valence-electron chi connectivity index (χ2n) is 10.5. The van der Waals surface area contributed by atoms with Crippen LogP contribution in [-0.4, -0.2) is 49.1 Å². The Hall–Kier alpha value is -3.61. The van der Waals surface area contributed by atoms with Crippen molar-refractivity contribution in [3.05, 3.63) is 52.8 Å². The highest BCUT2D eigenvalue weighted by Gasteiger charge is 2.46. The van der Waals surface area contributed by atoms with Crippen LogP contribution in [0, 0.1) is 23.1 Å². The summed E-state index contributed by atoms with van der Waals surface area (Å²) in [6.45, 7) is 8.33. The molecule has 2 N–H and O–H groups in total. The first kappa shape index (κ1) is 24.1. The molecule has 1 spiro atoms. The Labute approximate surface area is 208 Å². The van der Waals surface area contributed by atoms with E-state index in [1.165, 1.54) is 18.2 Å². The number of nitrogens with one attached hydrogen (secondary N) is 1. The maximum atomic E-state index is 15.4. The number of amidine groups is 1. The molecule has 1 unspecified atom stereocenters. The summed E-state index contributed by atoms with van der Waals surface area (Å²) in [6.07, 6.45) is -0.688.